The van der Waals surface area contributed by atoms with Crippen LogP contribution in [0.2, 0.25) is 0 Å². The van der Waals surface area contributed by atoms with Crippen LogP contribution in [0.15, 0.2) is 22.7 Å². The van der Waals surface area contributed by atoms with E-state index in [1.54, 1.807) is 7.11 Å². The van der Waals surface area contributed by atoms with Gasteiger partial charge in [0.05, 0.1) is 19.8 Å². The van der Waals surface area contributed by atoms with Crippen LogP contribution < -0.4 is 4.74 Å². The summed E-state index contributed by atoms with van der Waals surface area (Å²) in [6.45, 7) is 4.99. The minimum absolute atomic E-state index is 0.306. The quantitative estimate of drug-likeness (QED) is 0.570. The minimum Gasteiger partial charge on any atom is -0.496 e. The van der Waals surface area contributed by atoms with Crippen LogP contribution in [0.25, 0.3) is 0 Å². The van der Waals surface area contributed by atoms with Gasteiger partial charge >= 0.3 is 0 Å². The first-order valence-electron chi connectivity index (χ1n) is 7.11. The summed E-state index contributed by atoms with van der Waals surface area (Å²) < 4.78 is 12.3. The smallest absolute Gasteiger partial charge is 0.124 e. The van der Waals surface area contributed by atoms with Gasteiger partial charge in [0.2, 0.25) is 0 Å². The van der Waals surface area contributed by atoms with E-state index >= 15 is 0 Å². The van der Waals surface area contributed by atoms with Crippen LogP contribution in [0.5, 0.6) is 5.75 Å². The zero-order valence-electron chi connectivity index (χ0n) is 12.2. The number of halogens is 1. The highest BCUT2D eigenvalue weighted by atomic mass is 79.9. The Morgan fingerprint density at radius 3 is 2.68 bits per heavy atom. The van der Waals surface area contributed by atoms with E-state index in [1.165, 1.54) is 25.7 Å². The Balaban J connectivity index is 2.36. The molecule has 0 aliphatic carbocycles. The summed E-state index contributed by atoms with van der Waals surface area (Å²) in [4.78, 5) is 0. The van der Waals surface area contributed by atoms with Crippen molar-refractivity contribution in [2.45, 2.75) is 58.7 Å². The predicted octanol–water partition coefficient (Wildman–Crippen LogP) is 5.33. The van der Waals surface area contributed by atoms with Crippen molar-refractivity contribution >= 4 is 15.9 Å². The SMILES string of the molecule is CCCCCCC(C)OCc1cc(Br)ccc1OC. The second-order valence-electron chi connectivity index (χ2n) is 4.93. The van der Waals surface area contributed by atoms with E-state index in [-0.39, 0.29) is 0 Å². The fourth-order valence-electron chi connectivity index (χ4n) is 2.03. The van der Waals surface area contributed by atoms with Crippen molar-refractivity contribution in [2.24, 2.45) is 0 Å². The zero-order valence-corrected chi connectivity index (χ0v) is 13.8. The number of unbranched alkanes of at least 4 members (excludes halogenated alkanes) is 3. The first kappa shape index (κ1) is 16.5. The van der Waals surface area contributed by atoms with Crippen molar-refractivity contribution in [1.29, 1.82) is 0 Å². The van der Waals surface area contributed by atoms with Crippen molar-refractivity contribution in [3.8, 4) is 5.75 Å². The Morgan fingerprint density at radius 2 is 2.00 bits per heavy atom. The highest BCUT2D eigenvalue weighted by Gasteiger charge is 2.07. The lowest BCUT2D eigenvalue weighted by Crippen LogP contribution is -2.08. The molecule has 0 heterocycles. The highest BCUT2D eigenvalue weighted by Crippen LogP contribution is 2.24. The Bertz CT molecular complexity index is 366. The standard InChI is InChI=1S/C16H25BrO2/c1-4-5-6-7-8-13(2)19-12-14-11-15(17)9-10-16(14)18-3/h9-11,13H,4-8,12H2,1-3H3. The average molecular weight is 329 g/mol. The van der Waals surface area contributed by atoms with Crippen LogP contribution in [0.4, 0.5) is 0 Å². The molecule has 2 nitrogen and oxygen atoms in total. The molecule has 0 saturated heterocycles. The first-order valence-corrected chi connectivity index (χ1v) is 7.90. The third kappa shape index (κ3) is 6.44. The van der Waals surface area contributed by atoms with Gasteiger partial charge in [-0.25, -0.2) is 0 Å². The molecule has 1 unspecified atom stereocenters. The summed E-state index contributed by atoms with van der Waals surface area (Å²) in [5, 5.41) is 0. The van der Waals surface area contributed by atoms with Gasteiger partial charge in [0, 0.05) is 10.0 Å². The largest absolute Gasteiger partial charge is 0.496 e. The first-order chi connectivity index (χ1) is 9.17. The molecule has 3 heteroatoms. The van der Waals surface area contributed by atoms with Crippen molar-refractivity contribution in [3.05, 3.63) is 28.2 Å². The molecule has 0 amide bonds. The van der Waals surface area contributed by atoms with E-state index < -0.39 is 0 Å². The monoisotopic (exact) mass is 328 g/mol. The molecule has 0 spiro atoms. The zero-order chi connectivity index (χ0) is 14.1. The molecule has 108 valence electrons. The molecule has 0 saturated carbocycles. The summed E-state index contributed by atoms with van der Waals surface area (Å²) >= 11 is 3.48. The van der Waals surface area contributed by atoms with E-state index in [2.05, 4.69) is 35.8 Å². The summed E-state index contributed by atoms with van der Waals surface area (Å²) in [5.41, 5.74) is 1.09. The third-order valence-corrected chi connectivity index (χ3v) is 3.72. The van der Waals surface area contributed by atoms with E-state index in [0.29, 0.717) is 12.7 Å². The van der Waals surface area contributed by atoms with Crippen LogP contribution in [0.1, 0.15) is 51.5 Å². The predicted molar refractivity (Wildman–Crippen MR) is 83.7 cm³/mol. The Morgan fingerprint density at radius 1 is 1.21 bits per heavy atom. The van der Waals surface area contributed by atoms with Crippen LogP contribution >= 0.6 is 15.9 Å². The molecule has 0 radical (unpaired) electrons. The lowest BCUT2D eigenvalue weighted by Gasteiger charge is -2.15. The maximum absolute atomic E-state index is 5.90. The van der Waals surface area contributed by atoms with Gasteiger partial charge < -0.3 is 9.47 Å². The molecule has 0 bridgehead atoms. The normalized spacial score (nSPS) is 12.4. The minimum atomic E-state index is 0.306. The number of methoxy groups -OCH3 is 1. The van der Waals surface area contributed by atoms with Gasteiger partial charge in [-0.1, -0.05) is 48.5 Å². The van der Waals surface area contributed by atoms with Crippen LogP contribution in [0, 0.1) is 0 Å². The number of benzene rings is 1. The lowest BCUT2D eigenvalue weighted by molar-refractivity contribution is 0.0448. The molecule has 0 aliphatic heterocycles. The molecule has 0 N–H and O–H groups in total. The van der Waals surface area contributed by atoms with Crippen molar-refractivity contribution in [1.82, 2.24) is 0 Å². The maximum atomic E-state index is 5.90. The average Bonchev–Trinajstić information content (AvgIpc) is 2.41. The van der Waals surface area contributed by atoms with Gasteiger partial charge in [-0.05, 0) is 31.5 Å². The van der Waals surface area contributed by atoms with Gasteiger partial charge in [-0.2, -0.15) is 0 Å². The molecule has 1 aromatic carbocycles. The van der Waals surface area contributed by atoms with E-state index in [9.17, 15) is 0 Å². The van der Waals surface area contributed by atoms with Gasteiger partial charge in [-0.3, -0.25) is 0 Å². The topological polar surface area (TPSA) is 18.5 Å². The summed E-state index contributed by atoms with van der Waals surface area (Å²) in [6.07, 6.45) is 6.61. The Labute approximate surface area is 125 Å². The van der Waals surface area contributed by atoms with Crippen molar-refractivity contribution < 1.29 is 9.47 Å². The van der Waals surface area contributed by atoms with Gasteiger partial charge in [0.15, 0.2) is 0 Å². The summed E-state index contributed by atoms with van der Waals surface area (Å²) in [5.74, 6) is 0.890. The Hall–Kier alpha value is -0.540. The van der Waals surface area contributed by atoms with Crippen molar-refractivity contribution in [3.63, 3.8) is 0 Å². The molecule has 0 fully saturated rings. The molecule has 0 aliphatic rings. The van der Waals surface area contributed by atoms with Crippen molar-refractivity contribution in [2.75, 3.05) is 7.11 Å². The molecule has 1 aromatic rings. The lowest BCUT2D eigenvalue weighted by atomic mass is 10.1. The summed E-state index contributed by atoms with van der Waals surface area (Å²) in [6, 6.07) is 6.01. The molecular formula is C16H25BrO2. The molecule has 0 aromatic heterocycles. The molecule has 1 rings (SSSR count). The number of hydrogen-bond donors (Lipinski definition) is 0. The van der Waals surface area contributed by atoms with Crippen LogP contribution in [-0.4, -0.2) is 13.2 Å². The second kappa shape index (κ2) is 9.38. The number of hydrogen-bond acceptors (Lipinski definition) is 2. The van der Waals surface area contributed by atoms with Gasteiger partial charge in [0.25, 0.3) is 0 Å². The van der Waals surface area contributed by atoms with Crippen LogP contribution in [0.3, 0.4) is 0 Å². The highest BCUT2D eigenvalue weighted by molar-refractivity contribution is 9.10. The molecule has 1 atom stereocenters. The van der Waals surface area contributed by atoms with Crippen LogP contribution in [-0.2, 0) is 11.3 Å². The fourth-order valence-corrected chi connectivity index (χ4v) is 2.44. The Kier molecular flexibility index (Phi) is 8.15. The fraction of sp³-hybridized carbons (Fsp3) is 0.625. The van der Waals surface area contributed by atoms with Gasteiger partial charge in [0.1, 0.15) is 5.75 Å². The third-order valence-electron chi connectivity index (χ3n) is 3.23. The van der Waals surface area contributed by atoms with E-state index in [1.807, 2.05) is 12.1 Å². The number of ether oxygens (including phenoxy) is 2. The van der Waals surface area contributed by atoms with E-state index in [4.69, 9.17) is 9.47 Å². The molecule has 19 heavy (non-hydrogen) atoms. The molecular weight excluding hydrogens is 304 g/mol. The number of rotatable bonds is 9. The van der Waals surface area contributed by atoms with E-state index in [0.717, 1.165) is 22.2 Å². The maximum Gasteiger partial charge on any atom is 0.124 e. The second-order valence-corrected chi connectivity index (χ2v) is 5.84. The van der Waals surface area contributed by atoms with Gasteiger partial charge in [-0.15, -0.1) is 0 Å². The summed E-state index contributed by atoms with van der Waals surface area (Å²) in [7, 11) is 1.70.